The number of tetrazole rings is 1. The molecule has 0 bridgehead atoms. The number of nitrogens with zero attached hydrogens (tertiary/aromatic N) is 4. The minimum atomic E-state index is -0.606. The molecule has 116 valence electrons. The van der Waals surface area contributed by atoms with Crippen molar-refractivity contribution >= 4 is 21.7 Å². The van der Waals surface area contributed by atoms with Gasteiger partial charge in [0, 0.05) is 15.6 Å². The Kier molecular flexibility index (Phi) is 4.29. The monoisotopic (exact) mass is 374 g/mol. The highest BCUT2D eigenvalue weighted by molar-refractivity contribution is 9.10. The molecule has 0 spiro atoms. The van der Waals surface area contributed by atoms with Crippen molar-refractivity contribution in [2.24, 2.45) is 0 Å². The number of hydrogen-bond acceptors (Lipinski definition) is 4. The molecule has 1 atom stereocenters. The summed E-state index contributed by atoms with van der Waals surface area (Å²) in [5.74, 6) is -0.224. The molecule has 0 amide bonds. The molecule has 0 saturated carbocycles. The summed E-state index contributed by atoms with van der Waals surface area (Å²) < 4.78 is 14.2. The maximum absolute atomic E-state index is 13.3. The molecule has 1 unspecified atom stereocenters. The van der Waals surface area contributed by atoms with Gasteiger partial charge in [-0.3, -0.25) is 4.79 Å². The summed E-state index contributed by atoms with van der Waals surface area (Å²) in [6.45, 7) is 1.70. The molecule has 0 N–H and O–H groups in total. The van der Waals surface area contributed by atoms with E-state index in [2.05, 4.69) is 31.3 Å². The third-order valence-electron chi connectivity index (χ3n) is 3.37. The molecule has 1 aromatic heterocycles. The summed E-state index contributed by atoms with van der Waals surface area (Å²) >= 11 is 3.33. The molecule has 2 aromatic carbocycles. The lowest BCUT2D eigenvalue weighted by atomic mass is 10.1. The van der Waals surface area contributed by atoms with Gasteiger partial charge in [0.2, 0.25) is 5.82 Å². The first-order valence-corrected chi connectivity index (χ1v) is 7.69. The molecule has 23 heavy (non-hydrogen) atoms. The van der Waals surface area contributed by atoms with E-state index in [1.807, 2.05) is 0 Å². The minimum Gasteiger partial charge on any atom is -0.292 e. The Hall–Kier alpha value is -2.41. The van der Waals surface area contributed by atoms with Gasteiger partial charge in [-0.05, 0) is 36.4 Å². The second-order valence-corrected chi connectivity index (χ2v) is 5.91. The third kappa shape index (κ3) is 3.34. The molecule has 3 rings (SSSR count). The lowest BCUT2D eigenvalue weighted by Gasteiger charge is -2.08. The van der Waals surface area contributed by atoms with Crippen LogP contribution in [0.25, 0.3) is 11.4 Å². The number of benzene rings is 2. The van der Waals surface area contributed by atoms with Crippen LogP contribution in [0.15, 0.2) is 53.0 Å². The van der Waals surface area contributed by atoms with Crippen molar-refractivity contribution in [3.63, 3.8) is 0 Å². The molecule has 0 aliphatic rings. The fraction of sp³-hybridized carbons (Fsp3) is 0.125. The van der Waals surface area contributed by atoms with E-state index in [9.17, 15) is 9.18 Å². The number of carbonyl (C=O) groups is 1. The van der Waals surface area contributed by atoms with E-state index in [-0.39, 0.29) is 17.4 Å². The van der Waals surface area contributed by atoms with Crippen molar-refractivity contribution in [2.45, 2.75) is 13.0 Å². The van der Waals surface area contributed by atoms with Crippen molar-refractivity contribution in [3.8, 4) is 11.4 Å². The summed E-state index contributed by atoms with van der Waals surface area (Å²) in [6, 6.07) is 12.4. The SMILES string of the molecule is CC(C(=O)c1ccc(Br)cc1)n1nnc(-c2cccc(F)c2)n1. The van der Waals surface area contributed by atoms with Crippen molar-refractivity contribution in [1.29, 1.82) is 0 Å². The van der Waals surface area contributed by atoms with Crippen molar-refractivity contribution < 1.29 is 9.18 Å². The molecular weight excluding hydrogens is 363 g/mol. The molecule has 0 fully saturated rings. The van der Waals surface area contributed by atoms with Crippen LogP contribution in [-0.2, 0) is 0 Å². The van der Waals surface area contributed by atoms with Crippen LogP contribution in [0, 0.1) is 5.82 Å². The van der Waals surface area contributed by atoms with E-state index < -0.39 is 6.04 Å². The largest absolute Gasteiger partial charge is 0.292 e. The van der Waals surface area contributed by atoms with E-state index in [0.29, 0.717) is 11.1 Å². The predicted octanol–water partition coefficient (Wildman–Crippen LogP) is 3.69. The van der Waals surface area contributed by atoms with E-state index >= 15 is 0 Å². The highest BCUT2D eigenvalue weighted by Gasteiger charge is 2.20. The lowest BCUT2D eigenvalue weighted by Crippen LogP contribution is -2.19. The zero-order valence-electron chi connectivity index (χ0n) is 12.1. The molecule has 7 heteroatoms. The third-order valence-corrected chi connectivity index (χ3v) is 3.89. The van der Waals surface area contributed by atoms with Crippen LogP contribution in [0.3, 0.4) is 0 Å². The van der Waals surface area contributed by atoms with Crippen LogP contribution in [0.1, 0.15) is 23.3 Å². The normalized spacial score (nSPS) is 12.1. The van der Waals surface area contributed by atoms with Gasteiger partial charge in [-0.1, -0.05) is 40.2 Å². The number of ketones is 1. The first kappa shape index (κ1) is 15.5. The Morgan fingerprint density at radius 2 is 1.96 bits per heavy atom. The van der Waals surface area contributed by atoms with Crippen LogP contribution < -0.4 is 0 Å². The van der Waals surface area contributed by atoms with Crippen molar-refractivity contribution in [3.05, 3.63) is 64.4 Å². The molecule has 3 aromatic rings. The highest BCUT2D eigenvalue weighted by Crippen LogP contribution is 2.18. The average molecular weight is 375 g/mol. The summed E-state index contributed by atoms with van der Waals surface area (Å²) in [6.07, 6.45) is 0. The Labute approximate surface area is 140 Å². The first-order valence-electron chi connectivity index (χ1n) is 6.90. The summed E-state index contributed by atoms with van der Waals surface area (Å²) in [4.78, 5) is 13.7. The topological polar surface area (TPSA) is 60.7 Å². The van der Waals surface area contributed by atoms with Gasteiger partial charge in [-0.15, -0.1) is 10.2 Å². The van der Waals surface area contributed by atoms with E-state index in [1.54, 1.807) is 43.3 Å². The van der Waals surface area contributed by atoms with Gasteiger partial charge in [0.1, 0.15) is 11.9 Å². The van der Waals surface area contributed by atoms with Crippen molar-refractivity contribution in [2.75, 3.05) is 0 Å². The smallest absolute Gasteiger partial charge is 0.205 e. The Morgan fingerprint density at radius 1 is 1.22 bits per heavy atom. The highest BCUT2D eigenvalue weighted by atomic mass is 79.9. The maximum atomic E-state index is 13.3. The van der Waals surface area contributed by atoms with Gasteiger partial charge in [0.25, 0.3) is 0 Å². The zero-order chi connectivity index (χ0) is 16.4. The second kappa shape index (κ2) is 6.37. The molecule has 0 aliphatic carbocycles. The number of rotatable bonds is 4. The Balaban J connectivity index is 1.84. The number of carbonyl (C=O) groups excluding carboxylic acids is 1. The van der Waals surface area contributed by atoms with Gasteiger partial charge in [-0.2, -0.15) is 4.80 Å². The van der Waals surface area contributed by atoms with Crippen LogP contribution in [0.2, 0.25) is 0 Å². The van der Waals surface area contributed by atoms with E-state index in [1.165, 1.54) is 16.9 Å². The molecule has 0 aliphatic heterocycles. The van der Waals surface area contributed by atoms with E-state index in [0.717, 1.165) is 4.47 Å². The van der Waals surface area contributed by atoms with Gasteiger partial charge in [-0.25, -0.2) is 4.39 Å². The number of aromatic nitrogens is 4. The van der Waals surface area contributed by atoms with Crippen molar-refractivity contribution in [1.82, 2.24) is 20.2 Å². The molecule has 1 heterocycles. The Morgan fingerprint density at radius 3 is 2.65 bits per heavy atom. The van der Waals surface area contributed by atoms with Gasteiger partial charge in [0.15, 0.2) is 5.78 Å². The fourth-order valence-electron chi connectivity index (χ4n) is 2.09. The number of hydrogen-bond donors (Lipinski definition) is 0. The minimum absolute atomic E-state index is 0.124. The molecular formula is C16H12BrFN4O. The summed E-state index contributed by atoms with van der Waals surface area (Å²) in [5.41, 5.74) is 1.07. The van der Waals surface area contributed by atoms with Crippen LogP contribution in [0.5, 0.6) is 0 Å². The molecule has 0 saturated heterocycles. The fourth-order valence-corrected chi connectivity index (χ4v) is 2.36. The zero-order valence-corrected chi connectivity index (χ0v) is 13.7. The van der Waals surface area contributed by atoms with Gasteiger partial charge < -0.3 is 0 Å². The lowest BCUT2D eigenvalue weighted by molar-refractivity contribution is 0.0918. The number of Topliss-reactive ketones (excluding diaryl/α,β-unsaturated/α-hetero) is 1. The number of halogens is 2. The van der Waals surface area contributed by atoms with E-state index in [4.69, 9.17) is 0 Å². The quantitative estimate of drug-likeness (QED) is 0.653. The van der Waals surface area contributed by atoms with Crippen LogP contribution in [-0.4, -0.2) is 26.0 Å². The second-order valence-electron chi connectivity index (χ2n) is 4.99. The van der Waals surface area contributed by atoms with Crippen LogP contribution >= 0.6 is 15.9 Å². The summed E-state index contributed by atoms with van der Waals surface area (Å²) in [5, 5.41) is 12.0. The first-order chi connectivity index (χ1) is 11.0. The van der Waals surface area contributed by atoms with Gasteiger partial charge >= 0.3 is 0 Å². The van der Waals surface area contributed by atoms with Gasteiger partial charge in [0.05, 0.1) is 0 Å². The molecule has 0 radical (unpaired) electrons. The average Bonchev–Trinajstić information content (AvgIpc) is 3.04. The maximum Gasteiger partial charge on any atom is 0.205 e. The predicted molar refractivity (Wildman–Crippen MR) is 86.4 cm³/mol. The molecule has 5 nitrogen and oxygen atoms in total. The standard InChI is InChI=1S/C16H12BrFN4O/c1-10(15(23)11-5-7-13(17)8-6-11)22-20-16(19-21-22)12-3-2-4-14(18)9-12/h2-10H,1H3. The van der Waals surface area contributed by atoms with Crippen LogP contribution in [0.4, 0.5) is 4.39 Å². The summed E-state index contributed by atoms with van der Waals surface area (Å²) in [7, 11) is 0. The Bertz CT molecular complexity index is 847.